The van der Waals surface area contributed by atoms with Crippen molar-refractivity contribution in [3.63, 3.8) is 0 Å². The highest BCUT2D eigenvalue weighted by atomic mass is 32.1. The minimum atomic E-state index is -0.421. The quantitative estimate of drug-likeness (QED) is 0.820. The maximum absolute atomic E-state index is 12.2. The minimum Gasteiger partial charge on any atom is -0.492 e. The van der Waals surface area contributed by atoms with Crippen molar-refractivity contribution in [3.8, 4) is 5.75 Å². The van der Waals surface area contributed by atoms with E-state index < -0.39 is 6.04 Å². The van der Waals surface area contributed by atoms with Crippen LogP contribution in [0.4, 0.5) is 10.8 Å². The lowest BCUT2D eigenvalue weighted by molar-refractivity contribution is -0.116. The normalized spacial score (nSPS) is 11.8. The maximum Gasteiger partial charge on any atom is 0.248 e. The number of aryl methyl sites for hydroxylation is 1. The third-order valence-electron chi connectivity index (χ3n) is 2.95. The lowest BCUT2D eigenvalue weighted by atomic mass is 10.2. The SMILES string of the molecule is CCOc1ccccc1NC(C)C(=O)Nc1nnc(CC)s1. The summed E-state index contributed by atoms with van der Waals surface area (Å²) in [5, 5.41) is 15.3. The number of carbonyl (C=O) groups is 1. The second kappa shape index (κ2) is 7.74. The summed E-state index contributed by atoms with van der Waals surface area (Å²) in [6, 6.07) is 7.13. The molecule has 2 rings (SSSR count). The molecule has 1 aromatic carbocycles. The van der Waals surface area contributed by atoms with E-state index in [4.69, 9.17) is 4.74 Å². The van der Waals surface area contributed by atoms with Crippen LogP contribution in [-0.4, -0.2) is 28.8 Å². The molecule has 1 amide bonds. The van der Waals surface area contributed by atoms with Gasteiger partial charge in [0.25, 0.3) is 0 Å². The number of carbonyl (C=O) groups excluding carboxylic acids is 1. The lowest BCUT2D eigenvalue weighted by Gasteiger charge is -2.17. The van der Waals surface area contributed by atoms with E-state index in [9.17, 15) is 4.79 Å². The standard InChI is InChI=1S/C15H20N4O2S/c1-4-13-18-19-15(22-13)17-14(20)10(3)16-11-8-6-7-9-12(11)21-5-2/h6-10,16H,4-5H2,1-3H3,(H,17,19,20). The molecule has 0 bridgehead atoms. The van der Waals surface area contributed by atoms with Crippen molar-refractivity contribution in [3.05, 3.63) is 29.3 Å². The number of hydrogen-bond acceptors (Lipinski definition) is 6. The maximum atomic E-state index is 12.2. The highest BCUT2D eigenvalue weighted by Crippen LogP contribution is 2.24. The summed E-state index contributed by atoms with van der Waals surface area (Å²) in [7, 11) is 0. The van der Waals surface area contributed by atoms with E-state index in [0.717, 1.165) is 22.9 Å². The van der Waals surface area contributed by atoms with E-state index in [0.29, 0.717) is 11.7 Å². The molecule has 1 heterocycles. The average Bonchev–Trinajstić information content (AvgIpc) is 2.97. The Bertz CT molecular complexity index is 630. The molecule has 1 unspecified atom stereocenters. The first-order chi connectivity index (χ1) is 10.6. The number of aromatic nitrogens is 2. The van der Waals surface area contributed by atoms with Crippen LogP contribution in [-0.2, 0) is 11.2 Å². The highest BCUT2D eigenvalue weighted by Gasteiger charge is 2.16. The number of hydrogen-bond donors (Lipinski definition) is 2. The molecular weight excluding hydrogens is 300 g/mol. The number of ether oxygens (including phenoxy) is 1. The van der Waals surface area contributed by atoms with Crippen molar-refractivity contribution in [1.82, 2.24) is 10.2 Å². The summed E-state index contributed by atoms with van der Waals surface area (Å²) in [6.07, 6.45) is 0.809. The summed E-state index contributed by atoms with van der Waals surface area (Å²) in [4.78, 5) is 12.2. The molecule has 0 spiro atoms. The Balaban J connectivity index is 1.99. The zero-order valence-electron chi connectivity index (χ0n) is 12.9. The van der Waals surface area contributed by atoms with E-state index in [1.54, 1.807) is 6.92 Å². The summed E-state index contributed by atoms with van der Waals surface area (Å²) in [6.45, 7) is 6.29. The molecule has 2 N–H and O–H groups in total. The molecule has 118 valence electrons. The fourth-order valence-corrected chi connectivity index (χ4v) is 2.51. The second-order valence-corrected chi connectivity index (χ2v) is 5.70. The van der Waals surface area contributed by atoms with Crippen molar-refractivity contribution in [2.24, 2.45) is 0 Å². The molecule has 7 heteroatoms. The van der Waals surface area contributed by atoms with Crippen LogP contribution in [0.3, 0.4) is 0 Å². The highest BCUT2D eigenvalue weighted by molar-refractivity contribution is 7.15. The van der Waals surface area contributed by atoms with Crippen LogP contribution in [0.15, 0.2) is 24.3 Å². The van der Waals surface area contributed by atoms with Gasteiger partial charge in [-0.25, -0.2) is 0 Å². The van der Waals surface area contributed by atoms with Gasteiger partial charge in [-0.05, 0) is 32.4 Å². The summed E-state index contributed by atoms with van der Waals surface area (Å²) in [5.74, 6) is 0.568. The summed E-state index contributed by atoms with van der Waals surface area (Å²) in [5.41, 5.74) is 0.790. The molecule has 1 aromatic heterocycles. The van der Waals surface area contributed by atoms with E-state index in [1.807, 2.05) is 38.1 Å². The van der Waals surface area contributed by atoms with Gasteiger partial charge in [0, 0.05) is 0 Å². The molecule has 0 radical (unpaired) electrons. The lowest BCUT2D eigenvalue weighted by Crippen LogP contribution is -2.32. The van der Waals surface area contributed by atoms with Gasteiger partial charge in [-0.3, -0.25) is 10.1 Å². The molecule has 6 nitrogen and oxygen atoms in total. The van der Waals surface area contributed by atoms with Gasteiger partial charge in [0.1, 0.15) is 16.8 Å². The number of nitrogens with one attached hydrogen (secondary N) is 2. The van der Waals surface area contributed by atoms with Gasteiger partial charge >= 0.3 is 0 Å². The molecule has 0 fully saturated rings. The van der Waals surface area contributed by atoms with Crippen molar-refractivity contribution < 1.29 is 9.53 Å². The fourth-order valence-electron chi connectivity index (χ4n) is 1.83. The average molecular weight is 320 g/mol. The van der Waals surface area contributed by atoms with Crippen LogP contribution < -0.4 is 15.4 Å². The van der Waals surface area contributed by atoms with E-state index in [1.165, 1.54) is 11.3 Å². The molecule has 2 aromatic rings. The number of rotatable bonds is 7. The monoisotopic (exact) mass is 320 g/mol. The molecule has 1 atom stereocenters. The molecule has 22 heavy (non-hydrogen) atoms. The van der Waals surface area contributed by atoms with Gasteiger partial charge in [-0.15, -0.1) is 10.2 Å². The van der Waals surface area contributed by atoms with E-state index in [2.05, 4.69) is 20.8 Å². The Morgan fingerprint density at radius 1 is 1.32 bits per heavy atom. The number of amides is 1. The van der Waals surface area contributed by atoms with Gasteiger partial charge in [0.2, 0.25) is 11.0 Å². The second-order valence-electron chi connectivity index (χ2n) is 4.64. The van der Waals surface area contributed by atoms with Crippen LogP contribution in [0.25, 0.3) is 0 Å². The predicted octanol–water partition coefficient (Wildman–Crippen LogP) is 2.94. The van der Waals surface area contributed by atoms with Gasteiger partial charge < -0.3 is 10.1 Å². The third-order valence-corrected chi connectivity index (χ3v) is 3.93. The fraction of sp³-hybridized carbons (Fsp3) is 0.400. The molecule has 0 saturated carbocycles. The Kier molecular flexibility index (Phi) is 5.71. The van der Waals surface area contributed by atoms with Crippen LogP contribution in [0.5, 0.6) is 5.75 Å². The van der Waals surface area contributed by atoms with Crippen molar-refractivity contribution in [2.45, 2.75) is 33.2 Å². The van der Waals surface area contributed by atoms with Crippen LogP contribution in [0.1, 0.15) is 25.8 Å². The number of benzene rings is 1. The molecule has 0 aliphatic rings. The topological polar surface area (TPSA) is 76.1 Å². The Morgan fingerprint density at radius 3 is 2.77 bits per heavy atom. The van der Waals surface area contributed by atoms with Gasteiger partial charge in [-0.2, -0.15) is 0 Å². The van der Waals surface area contributed by atoms with Crippen LogP contribution in [0.2, 0.25) is 0 Å². The van der Waals surface area contributed by atoms with Gasteiger partial charge in [0.15, 0.2) is 0 Å². The predicted molar refractivity (Wildman–Crippen MR) is 88.6 cm³/mol. The van der Waals surface area contributed by atoms with Crippen LogP contribution in [0, 0.1) is 0 Å². The first-order valence-corrected chi connectivity index (χ1v) is 8.07. The third kappa shape index (κ3) is 4.17. The summed E-state index contributed by atoms with van der Waals surface area (Å²) >= 11 is 1.39. The van der Waals surface area contributed by atoms with Crippen LogP contribution >= 0.6 is 11.3 Å². The van der Waals surface area contributed by atoms with Gasteiger partial charge in [0.05, 0.1) is 12.3 Å². The van der Waals surface area contributed by atoms with Gasteiger partial charge in [-0.1, -0.05) is 30.4 Å². The minimum absolute atomic E-state index is 0.162. The number of para-hydroxylation sites is 2. The number of nitrogens with zero attached hydrogens (tertiary/aromatic N) is 2. The Labute approximate surface area is 133 Å². The Hall–Kier alpha value is -2.15. The molecule has 0 saturated heterocycles. The first-order valence-electron chi connectivity index (χ1n) is 7.25. The molecular formula is C15H20N4O2S. The Morgan fingerprint density at radius 2 is 2.09 bits per heavy atom. The zero-order valence-corrected chi connectivity index (χ0v) is 13.7. The number of anilines is 2. The van der Waals surface area contributed by atoms with Crippen molar-refractivity contribution >= 4 is 28.1 Å². The first kappa shape index (κ1) is 16.2. The van der Waals surface area contributed by atoms with Crippen molar-refractivity contribution in [1.29, 1.82) is 0 Å². The van der Waals surface area contributed by atoms with E-state index in [-0.39, 0.29) is 5.91 Å². The summed E-state index contributed by atoms with van der Waals surface area (Å²) < 4.78 is 5.54. The van der Waals surface area contributed by atoms with Crippen molar-refractivity contribution in [2.75, 3.05) is 17.2 Å². The molecule has 0 aliphatic heterocycles. The van der Waals surface area contributed by atoms with E-state index >= 15 is 0 Å². The molecule has 0 aliphatic carbocycles. The smallest absolute Gasteiger partial charge is 0.248 e. The largest absolute Gasteiger partial charge is 0.492 e. The zero-order chi connectivity index (χ0) is 15.9.